The largest absolute Gasteiger partial charge is 0.492 e. The molecule has 0 aromatic heterocycles. The molecule has 0 unspecified atom stereocenters. The van der Waals surface area contributed by atoms with Gasteiger partial charge in [-0.2, -0.15) is 0 Å². The normalized spacial score (nSPS) is 15.2. The van der Waals surface area contributed by atoms with Gasteiger partial charge in [0.05, 0.1) is 0 Å². The maximum atomic E-state index is 6.00. The number of allylic oxidation sites excluding steroid dienone is 1. The van der Waals surface area contributed by atoms with Crippen molar-refractivity contribution in [2.75, 3.05) is 53.0 Å². The van der Waals surface area contributed by atoms with Crippen molar-refractivity contribution < 1.29 is 9.47 Å². The predicted octanol–water partition coefficient (Wildman–Crippen LogP) is 5.72. The molecule has 0 spiro atoms. The van der Waals surface area contributed by atoms with Crippen LogP contribution in [-0.2, 0) is 0 Å². The van der Waals surface area contributed by atoms with Gasteiger partial charge in [0, 0.05) is 13.1 Å². The van der Waals surface area contributed by atoms with Crippen molar-refractivity contribution in [1.82, 2.24) is 9.80 Å². The Bertz CT molecular complexity index is 837. The number of hydrogen-bond acceptors (Lipinski definition) is 4. The van der Waals surface area contributed by atoms with Gasteiger partial charge in [-0.05, 0) is 93.8 Å². The van der Waals surface area contributed by atoms with Crippen LogP contribution < -0.4 is 9.47 Å². The molecule has 0 saturated carbocycles. The molecule has 0 amide bonds. The van der Waals surface area contributed by atoms with Crippen LogP contribution in [0, 0.1) is 0 Å². The van der Waals surface area contributed by atoms with E-state index in [-0.39, 0.29) is 0 Å². The summed E-state index contributed by atoms with van der Waals surface area (Å²) < 4.78 is 11.9. The Balaban J connectivity index is 1.63. The van der Waals surface area contributed by atoms with Crippen molar-refractivity contribution in [3.05, 3.63) is 65.2 Å². The molecule has 2 aromatic carbocycles. The first kappa shape index (κ1) is 24.3. The average molecular weight is 437 g/mol. The molecule has 174 valence electrons. The van der Waals surface area contributed by atoms with E-state index in [0.29, 0.717) is 6.61 Å². The first-order valence-corrected chi connectivity index (χ1v) is 12.2. The third kappa shape index (κ3) is 7.11. The van der Waals surface area contributed by atoms with Crippen molar-refractivity contribution in [3.63, 3.8) is 0 Å². The molecule has 4 nitrogen and oxygen atoms in total. The molecule has 2 aromatic rings. The Hall–Kier alpha value is -2.30. The fourth-order valence-electron chi connectivity index (χ4n) is 4.05. The van der Waals surface area contributed by atoms with Crippen LogP contribution in [0.15, 0.2) is 54.1 Å². The van der Waals surface area contributed by atoms with Crippen LogP contribution in [0.4, 0.5) is 0 Å². The summed E-state index contributed by atoms with van der Waals surface area (Å²) in [4.78, 5) is 4.73. The van der Waals surface area contributed by atoms with Crippen LogP contribution in [0.2, 0.25) is 0 Å². The predicted molar refractivity (Wildman–Crippen MR) is 135 cm³/mol. The third-order valence-corrected chi connectivity index (χ3v) is 6.40. The van der Waals surface area contributed by atoms with Gasteiger partial charge in [0.25, 0.3) is 0 Å². The lowest BCUT2D eigenvalue weighted by Crippen LogP contribution is -2.25. The van der Waals surface area contributed by atoms with E-state index >= 15 is 0 Å². The zero-order valence-corrected chi connectivity index (χ0v) is 20.4. The van der Waals surface area contributed by atoms with Crippen molar-refractivity contribution in [2.45, 2.75) is 40.0 Å². The average Bonchev–Trinajstić information content (AvgIpc) is 3.34. The minimum Gasteiger partial charge on any atom is -0.492 e. The summed E-state index contributed by atoms with van der Waals surface area (Å²) >= 11 is 0. The maximum Gasteiger partial charge on any atom is 0.119 e. The van der Waals surface area contributed by atoms with E-state index < -0.39 is 0 Å². The Morgan fingerprint density at radius 1 is 0.844 bits per heavy atom. The first-order valence-electron chi connectivity index (χ1n) is 12.2. The zero-order chi connectivity index (χ0) is 22.8. The SMILES string of the molecule is CC/C(C)=C(\c1ccc(OCCN(C)CC)cc1)c1ccc(OCCN2CCCC2)cc1. The molecule has 1 fully saturated rings. The second kappa shape index (κ2) is 12.7. The van der Waals surface area contributed by atoms with Gasteiger partial charge in [-0.25, -0.2) is 0 Å². The summed E-state index contributed by atoms with van der Waals surface area (Å²) in [5.41, 5.74) is 5.14. The molecule has 1 saturated heterocycles. The lowest BCUT2D eigenvalue weighted by atomic mass is 9.92. The highest BCUT2D eigenvalue weighted by molar-refractivity contribution is 5.82. The van der Waals surface area contributed by atoms with E-state index in [9.17, 15) is 0 Å². The number of hydrogen-bond donors (Lipinski definition) is 0. The second-order valence-electron chi connectivity index (χ2n) is 8.70. The van der Waals surface area contributed by atoms with Gasteiger partial charge in [0.15, 0.2) is 0 Å². The molecule has 0 atom stereocenters. The van der Waals surface area contributed by atoms with Crippen molar-refractivity contribution in [1.29, 1.82) is 0 Å². The van der Waals surface area contributed by atoms with Crippen LogP contribution >= 0.6 is 0 Å². The molecular formula is C28H40N2O2. The summed E-state index contributed by atoms with van der Waals surface area (Å²) in [6.45, 7) is 13.5. The lowest BCUT2D eigenvalue weighted by Gasteiger charge is -2.17. The summed E-state index contributed by atoms with van der Waals surface area (Å²) in [5, 5.41) is 0. The molecule has 0 radical (unpaired) electrons. The van der Waals surface area contributed by atoms with E-state index in [1.54, 1.807) is 0 Å². The van der Waals surface area contributed by atoms with Crippen LogP contribution in [0.25, 0.3) is 5.57 Å². The molecule has 32 heavy (non-hydrogen) atoms. The quantitative estimate of drug-likeness (QED) is 0.425. The van der Waals surface area contributed by atoms with Crippen molar-refractivity contribution in [2.24, 2.45) is 0 Å². The highest BCUT2D eigenvalue weighted by Crippen LogP contribution is 2.30. The molecule has 4 heteroatoms. The van der Waals surface area contributed by atoms with Gasteiger partial charge in [-0.15, -0.1) is 0 Å². The second-order valence-corrected chi connectivity index (χ2v) is 8.70. The van der Waals surface area contributed by atoms with Crippen molar-refractivity contribution in [3.8, 4) is 11.5 Å². The molecule has 3 rings (SSSR count). The minimum absolute atomic E-state index is 0.708. The molecule has 1 aliphatic heterocycles. The van der Waals surface area contributed by atoms with E-state index in [2.05, 4.69) is 86.1 Å². The lowest BCUT2D eigenvalue weighted by molar-refractivity contribution is 0.238. The Morgan fingerprint density at radius 3 is 1.88 bits per heavy atom. The van der Waals surface area contributed by atoms with Crippen LogP contribution in [0.3, 0.4) is 0 Å². The number of ether oxygens (including phenoxy) is 2. The number of nitrogens with zero attached hydrogens (tertiary/aromatic N) is 2. The molecule has 0 bridgehead atoms. The summed E-state index contributed by atoms with van der Waals surface area (Å²) in [7, 11) is 2.11. The number of likely N-dealkylation sites (N-methyl/N-ethyl adjacent to an activating group) is 1. The maximum absolute atomic E-state index is 6.00. The first-order chi connectivity index (χ1) is 15.6. The van der Waals surface area contributed by atoms with Crippen LogP contribution in [0.5, 0.6) is 11.5 Å². The topological polar surface area (TPSA) is 24.9 Å². The van der Waals surface area contributed by atoms with Gasteiger partial charge >= 0.3 is 0 Å². The van der Waals surface area contributed by atoms with Gasteiger partial charge in [-0.1, -0.05) is 43.7 Å². The fraction of sp³-hybridized carbons (Fsp3) is 0.500. The summed E-state index contributed by atoms with van der Waals surface area (Å²) in [6.07, 6.45) is 3.67. The van der Waals surface area contributed by atoms with Crippen molar-refractivity contribution >= 4 is 5.57 Å². The van der Waals surface area contributed by atoms with Gasteiger partial charge in [0.1, 0.15) is 24.7 Å². The standard InChI is InChI=1S/C28H40N2O2/c1-5-23(3)28(24-9-13-26(14-10-24)31-21-19-29(4)6-2)25-11-15-27(16-12-25)32-22-20-30-17-7-8-18-30/h9-16H,5-8,17-22H2,1-4H3/b28-23+. The summed E-state index contributed by atoms with van der Waals surface area (Å²) in [5.74, 6) is 1.87. The zero-order valence-electron chi connectivity index (χ0n) is 20.4. The van der Waals surface area contributed by atoms with Gasteiger partial charge in [-0.3, -0.25) is 4.90 Å². The smallest absolute Gasteiger partial charge is 0.119 e. The molecule has 0 N–H and O–H groups in total. The van der Waals surface area contributed by atoms with E-state index in [1.165, 1.54) is 48.2 Å². The summed E-state index contributed by atoms with van der Waals surface area (Å²) in [6, 6.07) is 17.1. The molecule has 1 heterocycles. The Labute approximate surface area is 194 Å². The Morgan fingerprint density at radius 2 is 1.38 bits per heavy atom. The van der Waals surface area contributed by atoms with Gasteiger partial charge in [0.2, 0.25) is 0 Å². The van der Waals surface area contributed by atoms with Crippen LogP contribution in [-0.4, -0.2) is 62.8 Å². The molecule has 0 aliphatic carbocycles. The molecular weight excluding hydrogens is 396 g/mol. The highest BCUT2D eigenvalue weighted by atomic mass is 16.5. The number of rotatable bonds is 12. The Kier molecular flexibility index (Phi) is 9.63. The van der Waals surface area contributed by atoms with E-state index in [4.69, 9.17) is 9.47 Å². The van der Waals surface area contributed by atoms with E-state index in [0.717, 1.165) is 44.2 Å². The fourth-order valence-corrected chi connectivity index (χ4v) is 4.05. The van der Waals surface area contributed by atoms with E-state index in [1.807, 2.05) is 0 Å². The number of likely N-dealkylation sites (tertiary alicyclic amines) is 1. The van der Waals surface area contributed by atoms with Gasteiger partial charge < -0.3 is 14.4 Å². The minimum atomic E-state index is 0.708. The monoisotopic (exact) mass is 436 g/mol. The third-order valence-electron chi connectivity index (χ3n) is 6.40. The highest BCUT2D eigenvalue weighted by Gasteiger charge is 2.12. The van der Waals surface area contributed by atoms with Crippen LogP contribution in [0.1, 0.15) is 51.2 Å². The number of benzene rings is 2. The molecule has 1 aliphatic rings.